The molecule has 0 radical (unpaired) electrons. The first-order valence-electron chi connectivity index (χ1n) is 6.13. The normalized spacial score (nSPS) is 10.6. The predicted octanol–water partition coefficient (Wildman–Crippen LogP) is 6.04. The van der Waals surface area contributed by atoms with Crippen molar-refractivity contribution in [3.8, 4) is 5.75 Å². The molecule has 2 rings (SSSR count). The third-order valence-corrected chi connectivity index (χ3v) is 4.68. The molecule has 0 aliphatic rings. The number of nitrogens with one attached hydrogen (secondary N) is 1. The van der Waals surface area contributed by atoms with Gasteiger partial charge in [-0.15, -0.1) is 0 Å². The van der Waals surface area contributed by atoms with Gasteiger partial charge in [-0.25, -0.2) is 4.39 Å². The number of methoxy groups -OCH3 is 1. The molecule has 0 saturated heterocycles. The zero-order valence-electron chi connectivity index (χ0n) is 11.4. The topological polar surface area (TPSA) is 21.3 Å². The van der Waals surface area contributed by atoms with Crippen molar-refractivity contribution in [2.24, 2.45) is 0 Å². The van der Waals surface area contributed by atoms with E-state index < -0.39 is 0 Å². The Morgan fingerprint density at radius 3 is 2.48 bits per heavy atom. The Morgan fingerprint density at radius 1 is 1.10 bits per heavy atom. The molecule has 0 heterocycles. The van der Waals surface area contributed by atoms with Crippen LogP contribution in [0.1, 0.15) is 11.1 Å². The van der Waals surface area contributed by atoms with Crippen molar-refractivity contribution in [2.45, 2.75) is 13.5 Å². The summed E-state index contributed by atoms with van der Waals surface area (Å²) in [5.41, 5.74) is 2.73. The maximum Gasteiger partial charge on any atom is 0.138 e. The summed E-state index contributed by atoms with van der Waals surface area (Å²) < 4.78 is 21.1. The molecule has 0 amide bonds. The van der Waals surface area contributed by atoms with E-state index in [1.807, 2.05) is 19.1 Å². The third-order valence-electron chi connectivity index (χ3n) is 3.03. The van der Waals surface area contributed by atoms with Crippen LogP contribution >= 0.6 is 47.8 Å². The molecule has 0 bridgehead atoms. The predicted molar refractivity (Wildman–Crippen MR) is 94.6 cm³/mol. The van der Waals surface area contributed by atoms with Crippen LogP contribution in [0.5, 0.6) is 5.75 Å². The standard InChI is InChI=1S/C15H13Br3FNO/c1-8-3-13(19)11(17)6-14(8)20-7-9-4-10(16)5-12(18)15(9)21-2/h3-6,20H,7H2,1-2H3. The Balaban J connectivity index is 2.26. The highest BCUT2D eigenvalue weighted by Gasteiger charge is 2.10. The zero-order valence-corrected chi connectivity index (χ0v) is 16.2. The van der Waals surface area contributed by atoms with Crippen LogP contribution in [0.15, 0.2) is 37.7 Å². The Bertz CT molecular complexity index is 676. The van der Waals surface area contributed by atoms with Crippen molar-refractivity contribution in [3.63, 3.8) is 0 Å². The van der Waals surface area contributed by atoms with Crippen molar-refractivity contribution in [3.05, 3.63) is 54.6 Å². The number of hydrogen-bond acceptors (Lipinski definition) is 2. The van der Waals surface area contributed by atoms with Gasteiger partial charge in [-0.3, -0.25) is 0 Å². The van der Waals surface area contributed by atoms with E-state index in [1.54, 1.807) is 13.2 Å². The van der Waals surface area contributed by atoms with Crippen LogP contribution in [0.2, 0.25) is 0 Å². The highest BCUT2D eigenvalue weighted by molar-refractivity contribution is 9.11. The average Bonchev–Trinajstić information content (AvgIpc) is 2.41. The summed E-state index contributed by atoms with van der Waals surface area (Å²) in [4.78, 5) is 0. The average molecular weight is 482 g/mol. The number of halogens is 4. The number of aryl methyl sites for hydroxylation is 1. The summed E-state index contributed by atoms with van der Waals surface area (Å²) in [6.45, 7) is 2.44. The molecule has 0 saturated carbocycles. The SMILES string of the molecule is COc1c(Br)cc(Br)cc1CNc1cc(Br)c(F)cc1C. The zero-order chi connectivity index (χ0) is 15.6. The fourth-order valence-electron chi connectivity index (χ4n) is 2.00. The van der Waals surface area contributed by atoms with E-state index in [2.05, 4.69) is 53.1 Å². The number of rotatable bonds is 4. The first-order chi connectivity index (χ1) is 9.92. The van der Waals surface area contributed by atoms with Crippen LogP contribution in [0.3, 0.4) is 0 Å². The second kappa shape index (κ2) is 7.11. The van der Waals surface area contributed by atoms with Crippen molar-refractivity contribution in [1.82, 2.24) is 0 Å². The molecule has 0 aromatic heterocycles. The van der Waals surface area contributed by atoms with Gasteiger partial charge < -0.3 is 10.1 Å². The van der Waals surface area contributed by atoms with Gasteiger partial charge in [-0.2, -0.15) is 0 Å². The van der Waals surface area contributed by atoms with Crippen LogP contribution in [0.4, 0.5) is 10.1 Å². The minimum Gasteiger partial charge on any atom is -0.495 e. The van der Waals surface area contributed by atoms with E-state index in [0.717, 1.165) is 31.5 Å². The van der Waals surface area contributed by atoms with E-state index >= 15 is 0 Å². The van der Waals surface area contributed by atoms with Gasteiger partial charge in [0, 0.05) is 22.3 Å². The van der Waals surface area contributed by atoms with Crippen molar-refractivity contribution < 1.29 is 9.13 Å². The van der Waals surface area contributed by atoms with Gasteiger partial charge in [-0.05, 0) is 68.6 Å². The molecule has 0 unspecified atom stereocenters. The summed E-state index contributed by atoms with van der Waals surface area (Å²) in [6.07, 6.45) is 0. The molecule has 1 N–H and O–H groups in total. The Kier molecular flexibility index (Phi) is 5.68. The molecule has 112 valence electrons. The van der Waals surface area contributed by atoms with E-state index in [9.17, 15) is 4.39 Å². The monoisotopic (exact) mass is 479 g/mol. The molecule has 0 atom stereocenters. The van der Waals surface area contributed by atoms with Gasteiger partial charge in [0.05, 0.1) is 16.1 Å². The van der Waals surface area contributed by atoms with Crippen LogP contribution in [0, 0.1) is 12.7 Å². The van der Waals surface area contributed by atoms with Gasteiger partial charge in [0.2, 0.25) is 0 Å². The van der Waals surface area contributed by atoms with E-state index in [1.165, 1.54) is 6.07 Å². The fraction of sp³-hybridized carbons (Fsp3) is 0.200. The molecule has 0 fully saturated rings. The van der Waals surface area contributed by atoms with Crippen molar-refractivity contribution in [2.75, 3.05) is 12.4 Å². The minimum absolute atomic E-state index is 0.263. The number of hydrogen-bond donors (Lipinski definition) is 1. The highest BCUT2D eigenvalue weighted by atomic mass is 79.9. The highest BCUT2D eigenvalue weighted by Crippen LogP contribution is 2.33. The van der Waals surface area contributed by atoms with E-state index in [-0.39, 0.29) is 5.82 Å². The van der Waals surface area contributed by atoms with Crippen LogP contribution in [-0.2, 0) is 6.54 Å². The Labute approximate surface area is 148 Å². The van der Waals surface area contributed by atoms with Gasteiger partial charge >= 0.3 is 0 Å². The molecule has 0 aliphatic heterocycles. The molecule has 0 spiro atoms. The fourth-order valence-corrected chi connectivity index (χ4v) is 3.82. The molecular weight excluding hydrogens is 469 g/mol. The lowest BCUT2D eigenvalue weighted by Gasteiger charge is -2.14. The van der Waals surface area contributed by atoms with Crippen molar-refractivity contribution >= 4 is 53.5 Å². The third kappa shape index (κ3) is 3.99. The summed E-state index contributed by atoms with van der Waals surface area (Å²) >= 11 is 10.2. The van der Waals surface area contributed by atoms with Crippen LogP contribution in [-0.4, -0.2) is 7.11 Å². The summed E-state index contributed by atoms with van der Waals surface area (Å²) in [5, 5.41) is 3.31. The lowest BCUT2D eigenvalue weighted by molar-refractivity contribution is 0.407. The second-order valence-corrected chi connectivity index (χ2v) is 7.14. The summed E-state index contributed by atoms with van der Waals surface area (Å²) in [6, 6.07) is 7.16. The molecule has 2 nitrogen and oxygen atoms in total. The van der Waals surface area contributed by atoms with Gasteiger partial charge in [-0.1, -0.05) is 15.9 Å². The quantitative estimate of drug-likeness (QED) is 0.574. The first kappa shape index (κ1) is 16.8. The first-order valence-corrected chi connectivity index (χ1v) is 8.51. The van der Waals surface area contributed by atoms with Crippen LogP contribution < -0.4 is 10.1 Å². The van der Waals surface area contributed by atoms with Gasteiger partial charge in [0.1, 0.15) is 11.6 Å². The lowest BCUT2D eigenvalue weighted by atomic mass is 10.1. The largest absolute Gasteiger partial charge is 0.495 e. The Morgan fingerprint density at radius 2 is 1.81 bits per heavy atom. The molecule has 2 aromatic carbocycles. The summed E-state index contributed by atoms with van der Waals surface area (Å²) in [7, 11) is 1.64. The van der Waals surface area contributed by atoms with Crippen LogP contribution in [0.25, 0.3) is 0 Å². The number of benzene rings is 2. The summed E-state index contributed by atoms with van der Waals surface area (Å²) in [5.74, 6) is 0.519. The number of anilines is 1. The Hall–Kier alpha value is -0.590. The van der Waals surface area contributed by atoms with E-state index in [0.29, 0.717) is 11.0 Å². The molecule has 21 heavy (non-hydrogen) atoms. The minimum atomic E-state index is -0.263. The van der Waals surface area contributed by atoms with Gasteiger partial charge in [0.25, 0.3) is 0 Å². The molecule has 0 aliphatic carbocycles. The lowest BCUT2D eigenvalue weighted by Crippen LogP contribution is -2.04. The smallest absolute Gasteiger partial charge is 0.138 e. The van der Waals surface area contributed by atoms with E-state index in [4.69, 9.17) is 4.74 Å². The second-order valence-electron chi connectivity index (χ2n) is 4.51. The molecular formula is C15H13Br3FNO. The molecule has 6 heteroatoms. The maximum absolute atomic E-state index is 13.4. The maximum atomic E-state index is 13.4. The molecule has 2 aromatic rings. The number of ether oxygens (including phenoxy) is 1. The van der Waals surface area contributed by atoms with Gasteiger partial charge in [0.15, 0.2) is 0 Å². The van der Waals surface area contributed by atoms with Crippen molar-refractivity contribution in [1.29, 1.82) is 0 Å².